The van der Waals surface area contributed by atoms with Crippen LogP contribution in [0, 0.1) is 0 Å². The monoisotopic (exact) mass is 200 g/mol. The predicted octanol–water partition coefficient (Wildman–Crippen LogP) is 2.58. The molecule has 0 heterocycles. The molecule has 0 bridgehead atoms. The van der Waals surface area contributed by atoms with Crippen LogP contribution in [0.25, 0.3) is 0 Å². The lowest BCUT2D eigenvalue weighted by molar-refractivity contribution is 0.0756. The van der Waals surface area contributed by atoms with Crippen molar-refractivity contribution < 1.29 is 9.84 Å². The second-order valence-electron chi connectivity index (χ2n) is 3.40. The molecular weight excluding hydrogens is 188 g/mol. The predicted molar refractivity (Wildman–Crippen MR) is 53.2 cm³/mol. The van der Waals surface area contributed by atoms with Gasteiger partial charge in [-0.2, -0.15) is 0 Å². The van der Waals surface area contributed by atoms with Gasteiger partial charge in [-0.25, -0.2) is 0 Å². The van der Waals surface area contributed by atoms with E-state index in [0.717, 1.165) is 0 Å². The zero-order valence-corrected chi connectivity index (χ0v) is 8.72. The molecule has 1 rings (SSSR count). The van der Waals surface area contributed by atoms with E-state index in [1.165, 1.54) is 0 Å². The second kappa shape index (κ2) is 3.56. The Morgan fingerprint density at radius 3 is 2.46 bits per heavy atom. The minimum atomic E-state index is -0.934. The number of hydrogen-bond donors (Lipinski definition) is 1. The standard InChI is InChI=1S/C10H13ClO2/c1-10(2,12)8-6-7(11)4-5-9(8)13-3/h4-6,12H,1-3H3. The summed E-state index contributed by atoms with van der Waals surface area (Å²) in [5.41, 5.74) is -0.238. The molecule has 0 atom stereocenters. The molecule has 0 unspecified atom stereocenters. The largest absolute Gasteiger partial charge is 0.496 e. The Morgan fingerprint density at radius 1 is 1.38 bits per heavy atom. The number of methoxy groups -OCH3 is 1. The maximum Gasteiger partial charge on any atom is 0.125 e. The lowest BCUT2D eigenvalue weighted by Crippen LogP contribution is -2.16. The summed E-state index contributed by atoms with van der Waals surface area (Å²) in [6.07, 6.45) is 0. The first-order chi connectivity index (χ1) is 5.95. The summed E-state index contributed by atoms with van der Waals surface area (Å²) in [6.45, 7) is 3.39. The number of aliphatic hydroxyl groups is 1. The average molecular weight is 201 g/mol. The van der Waals surface area contributed by atoms with Gasteiger partial charge in [-0.15, -0.1) is 0 Å². The van der Waals surface area contributed by atoms with Crippen molar-refractivity contribution in [2.45, 2.75) is 19.4 Å². The average Bonchev–Trinajstić information content (AvgIpc) is 2.03. The van der Waals surface area contributed by atoms with Crippen molar-refractivity contribution in [2.75, 3.05) is 7.11 Å². The van der Waals surface area contributed by atoms with Gasteiger partial charge in [0, 0.05) is 10.6 Å². The molecule has 0 amide bonds. The summed E-state index contributed by atoms with van der Waals surface area (Å²) in [6, 6.07) is 5.19. The molecule has 2 nitrogen and oxygen atoms in total. The van der Waals surface area contributed by atoms with Crippen molar-refractivity contribution in [3.8, 4) is 5.75 Å². The highest BCUT2D eigenvalue weighted by molar-refractivity contribution is 6.30. The van der Waals surface area contributed by atoms with Crippen molar-refractivity contribution in [1.82, 2.24) is 0 Å². The fraction of sp³-hybridized carbons (Fsp3) is 0.400. The first-order valence-electron chi connectivity index (χ1n) is 4.01. The van der Waals surface area contributed by atoms with Crippen molar-refractivity contribution in [3.05, 3.63) is 28.8 Å². The van der Waals surface area contributed by atoms with Gasteiger partial charge in [0.1, 0.15) is 5.75 Å². The van der Waals surface area contributed by atoms with Gasteiger partial charge in [0.05, 0.1) is 12.7 Å². The van der Waals surface area contributed by atoms with Gasteiger partial charge in [-0.3, -0.25) is 0 Å². The molecule has 1 aromatic rings. The Balaban J connectivity index is 3.24. The quantitative estimate of drug-likeness (QED) is 0.795. The number of rotatable bonds is 2. The molecule has 0 aliphatic carbocycles. The van der Waals surface area contributed by atoms with E-state index in [1.807, 2.05) is 0 Å². The molecule has 0 aliphatic rings. The fourth-order valence-electron chi connectivity index (χ4n) is 1.16. The van der Waals surface area contributed by atoms with Crippen LogP contribution in [0.3, 0.4) is 0 Å². The van der Waals surface area contributed by atoms with E-state index in [-0.39, 0.29) is 0 Å². The third kappa shape index (κ3) is 2.36. The van der Waals surface area contributed by atoms with Crippen molar-refractivity contribution in [3.63, 3.8) is 0 Å². The first-order valence-corrected chi connectivity index (χ1v) is 4.39. The maximum absolute atomic E-state index is 9.79. The summed E-state index contributed by atoms with van der Waals surface area (Å²) < 4.78 is 5.11. The molecule has 1 aromatic carbocycles. The lowest BCUT2D eigenvalue weighted by Gasteiger charge is -2.20. The van der Waals surface area contributed by atoms with Crippen molar-refractivity contribution >= 4 is 11.6 Å². The normalized spacial score (nSPS) is 11.5. The van der Waals surface area contributed by atoms with Gasteiger partial charge < -0.3 is 9.84 Å². The summed E-state index contributed by atoms with van der Waals surface area (Å²) in [5, 5.41) is 10.4. The molecule has 72 valence electrons. The summed E-state index contributed by atoms with van der Waals surface area (Å²) >= 11 is 5.81. The smallest absolute Gasteiger partial charge is 0.125 e. The van der Waals surface area contributed by atoms with Gasteiger partial charge in [0.2, 0.25) is 0 Å². The number of benzene rings is 1. The van der Waals surface area contributed by atoms with Gasteiger partial charge in [0.25, 0.3) is 0 Å². The minimum absolute atomic E-state index is 0.595. The summed E-state index contributed by atoms with van der Waals surface area (Å²) in [4.78, 5) is 0. The van der Waals surface area contributed by atoms with Gasteiger partial charge >= 0.3 is 0 Å². The Kier molecular flexibility index (Phi) is 2.84. The third-order valence-electron chi connectivity index (χ3n) is 1.82. The van der Waals surface area contributed by atoms with Crippen LogP contribution in [-0.2, 0) is 5.60 Å². The van der Waals surface area contributed by atoms with Crippen molar-refractivity contribution in [1.29, 1.82) is 0 Å². The van der Waals surface area contributed by atoms with E-state index >= 15 is 0 Å². The van der Waals surface area contributed by atoms with Crippen LogP contribution < -0.4 is 4.74 Å². The van der Waals surface area contributed by atoms with Crippen LogP contribution in [0.2, 0.25) is 5.02 Å². The highest BCUT2D eigenvalue weighted by Gasteiger charge is 2.20. The number of halogens is 1. The van der Waals surface area contributed by atoms with Crippen LogP contribution >= 0.6 is 11.6 Å². The van der Waals surface area contributed by atoms with Gasteiger partial charge in [0.15, 0.2) is 0 Å². The van der Waals surface area contributed by atoms with Crippen LogP contribution in [0.15, 0.2) is 18.2 Å². The van der Waals surface area contributed by atoms with Crippen LogP contribution in [0.5, 0.6) is 5.75 Å². The molecule has 1 N–H and O–H groups in total. The molecule has 0 saturated heterocycles. The number of hydrogen-bond acceptors (Lipinski definition) is 2. The van der Waals surface area contributed by atoms with E-state index in [2.05, 4.69) is 0 Å². The fourth-order valence-corrected chi connectivity index (χ4v) is 1.33. The van der Waals surface area contributed by atoms with E-state index < -0.39 is 5.60 Å². The molecule has 0 aliphatic heterocycles. The van der Waals surface area contributed by atoms with Gasteiger partial charge in [-0.1, -0.05) is 11.6 Å². The zero-order valence-electron chi connectivity index (χ0n) is 7.97. The van der Waals surface area contributed by atoms with Crippen LogP contribution in [-0.4, -0.2) is 12.2 Å². The highest BCUT2D eigenvalue weighted by Crippen LogP contribution is 2.31. The van der Waals surface area contributed by atoms with Crippen LogP contribution in [0.1, 0.15) is 19.4 Å². The van der Waals surface area contributed by atoms with E-state index in [1.54, 1.807) is 39.2 Å². The SMILES string of the molecule is COc1ccc(Cl)cc1C(C)(C)O. The van der Waals surface area contributed by atoms with E-state index in [4.69, 9.17) is 16.3 Å². The Labute approximate surface area is 83.1 Å². The number of ether oxygens (including phenoxy) is 1. The Hall–Kier alpha value is -0.730. The molecular formula is C10H13ClO2. The highest BCUT2D eigenvalue weighted by atomic mass is 35.5. The summed E-state index contributed by atoms with van der Waals surface area (Å²) in [5.74, 6) is 0.650. The third-order valence-corrected chi connectivity index (χ3v) is 2.06. The lowest BCUT2D eigenvalue weighted by atomic mass is 9.97. The van der Waals surface area contributed by atoms with Crippen molar-refractivity contribution in [2.24, 2.45) is 0 Å². The Bertz CT molecular complexity index is 302. The molecule has 0 saturated carbocycles. The molecule has 13 heavy (non-hydrogen) atoms. The molecule has 3 heteroatoms. The molecule has 0 spiro atoms. The topological polar surface area (TPSA) is 29.5 Å². The summed E-state index contributed by atoms with van der Waals surface area (Å²) in [7, 11) is 1.57. The second-order valence-corrected chi connectivity index (χ2v) is 3.84. The molecule has 0 aromatic heterocycles. The Morgan fingerprint density at radius 2 is 2.00 bits per heavy atom. The maximum atomic E-state index is 9.79. The molecule has 0 radical (unpaired) electrons. The minimum Gasteiger partial charge on any atom is -0.496 e. The van der Waals surface area contributed by atoms with E-state index in [9.17, 15) is 5.11 Å². The molecule has 0 fully saturated rings. The van der Waals surface area contributed by atoms with E-state index in [0.29, 0.717) is 16.3 Å². The van der Waals surface area contributed by atoms with Crippen LogP contribution in [0.4, 0.5) is 0 Å². The zero-order chi connectivity index (χ0) is 10.1. The first kappa shape index (κ1) is 10.4. The van der Waals surface area contributed by atoms with Gasteiger partial charge in [-0.05, 0) is 32.0 Å².